The maximum absolute atomic E-state index is 12.5. The Morgan fingerprint density at radius 2 is 1.79 bits per heavy atom. The van der Waals surface area contributed by atoms with Gasteiger partial charge in [-0.2, -0.15) is 13.2 Å². The van der Waals surface area contributed by atoms with Crippen LogP contribution in [0.3, 0.4) is 0 Å². The molecule has 0 radical (unpaired) electrons. The van der Waals surface area contributed by atoms with E-state index in [4.69, 9.17) is 0 Å². The summed E-state index contributed by atoms with van der Waals surface area (Å²) in [6.07, 6.45) is -10.4. The van der Waals surface area contributed by atoms with Crippen LogP contribution in [-0.4, -0.2) is 16.3 Å². The highest BCUT2D eigenvalue weighted by Crippen LogP contribution is 2.37. The number of halogens is 6. The summed E-state index contributed by atoms with van der Waals surface area (Å²) < 4.78 is 76.7. The monoisotopic (exact) mass is 290 g/mol. The summed E-state index contributed by atoms with van der Waals surface area (Å²) in [5.41, 5.74) is -2.80. The highest BCUT2D eigenvalue weighted by atomic mass is 19.4. The minimum absolute atomic E-state index is 0.179. The van der Waals surface area contributed by atoms with Gasteiger partial charge in [0.25, 0.3) is 5.69 Å². The first-order chi connectivity index (χ1) is 8.42. The van der Waals surface area contributed by atoms with Crippen LogP contribution in [-0.2, 0) is 6.18 Å². The summed E-state index contributed by atoms with van der Waals surface area (Å²) >= 11 is 0. The fourth-order valence-electron chi connectivity index (χ4n) is 1.17. The van der Waals surface area contributed by atoms with Crippen molar-refractivity contribution in [3.8, 4) is 5.75 Å². The van der Waals surface area contributed by atoms with Crippen LogP contribution in [0.15, 0.2) is 6.07 Å². The summed E-state index contributed by atoms with van der Waals surface area (Å²) in [4.78, 5) is 11.7. The Morgan fingerprint density at radius 3 is 2.16 bits per heavy atom. The van der Waals surface area contributed by atoms with Gasteiger partial charge in [0.05, 0.1) is 6.07 Å². The zero-order valence-electron chi connectivity index (χ0n) is 8.96. The maximum atomic E-state index is 12.5. The standard InChI is InChI=1S/C8H4F6N2O3/c1-3-4(19-8(12,13)14)2-5(16(17)18)15-6(3)7(9,10)11/h2H,1H3. The fourth-order valence-corrected chi connectivity index (χ4v) is 1.17. The van der Waals surface area contributed by atoms with Crippen molar-refractivity contribution in [2.24, 2.45) is 0 Å². The van der Waals surface area contributed by atoms with Crippen molar-refractivity contribution in [3.05, 3.63) is 27.4 Å². The normalized spacial score (nSPS) is 12.4. The van der Waals surface area contributed by atoms with Crippen molar-refractivity contribution in [2.75, 3.05) is 0 Å². The number of ether oxygens (including phenoxy) is 1. The molecule has 0 saturated heterocycles. The number of pyridine rings is 1. The molecule has 0 saturated carbocycles. The SMILES string of the molecule is Cc1c(OC(F)(F)F)cc([N+](=O)[O-])nc1C(F)(F)F. The second-order valence-electron chi connectivity index (χ2n) is 3.25. The lowest BCUT2D eigenvalue weighted by molar-refractivity contribution is -0.390. The van der Waals surface area contributed by atoms with Crippen LogP contribution in [0.1, 0.15) is 11.3 Å². The largest absolute Gasteiger partial charge is 0.573 e. The fraction of sp³-hybridized carbons (Fsp3) is 0.375. The molecule has 1 heterocycles. The Kier molecular flexibility index (Phi) is 3.59. The van der Waals surface area contributed by atoms with Gasteiger partial charge >= 0.3 is 18.4 Å². The minimum atomic E-state index is -5.27. The average Bonchev–Trinajstić information content (AvgIpc) is 2.16. The second-order valence-corrected chi connectivity index (χ2v) is 3.25. The van der Waals surface area contributed by atoms with Gasteiger partial charge in [-0.1, -0.05) is 0 Å². The molecule has 0 atom stereocenters. The average molecular weight is 290 g/mol. The van der Waals surface area contributed by atoms with Gasteiger partial charge in [-0.05, 0) is 16.8 Å². The van der Waals surface area contributed by atoms with E-state index in [0.29, 0.717) is 6.92 Å². The smallest absolute Gasteiger partial charge is 0.405 e. The van der Waals surface area contributed by atoms with Gasteiger partial charge in [-0.3, -0.25) is 0 Å². The van der Waals surface area contributed by atoms with Crippen LogP contribution in [0, 0.1) is 17.0 Å². The molecule has 106 valence electrons. The number of hydrogen-bond acceptors (Lipinski definition) is 4. The van der Waals surface area contributed by atoms with Crippen LogP contribution in [0.5, 0.6) is 5.75 Å². The molecule has 19 heavy (non-hydrogen) atoms. The lowest BCUT2D eigenvalue weighted by atomic mass is 10.2. The maximum Gasteiger partial charge on any atom is 0.573 e. The molecular weight excluding hydrogens is 286 g/mol. The van der Waals surface area contributed by atoms with Gasteiger partial charge in [0.2, 0.25) is 0 Å². The van der Waals surface area contributed by atoms with E-state index >= 15 is 0 Å². The first kappa shape index (κ1) is 15.0. The van der Waals surface area contributed by atoms with E-state index < -0.39 is 40.3 Å². The number of aromatic nitrogens is 1. The predicted molar refractivity (Wildman–Crippen MR) is 47.3 cm³/mol. The van der Waals surface area contributed by atoms with Crippen LogP contribution >= 0.6 is 0 Å². The van der Waals surface area contributed by atoms with Crippen LogP contribution in [0.25, 0.3) is 0 Å². The van der Waals surface area contributed by atoms with Gasteiger partial charge in [-0.25, -0.2) is 0 Å². The zero-order chi connectivity index (χ0) is 15.0. The molecule has 0 aromatic carbocycles. The Morgan fingerprint density at radius 1 is 1.26 bits per heavy atom. The molecule has 0 unspecified atom stereocenters. The third-order valence-corrected chi connectivity index (χ3v) is 1.89. The number of hydrogen-bond donors (Lipinski definition) is 0. The molecule has 1 aromatic rings. The molecule has 1 rings (SSSR count). The van der Waals surface area contributed by atoms with Gasteiger partial charge < -0.3 is 14.9 Å². The summed E-state index contributed by atoms with van der Waals surface area (Å²) in [7, 11) is 0. The van der Waals surface area contributed by atoms with E-state index in [-0.39, 0.29) is 6.07 Å². The lowest BCUT2D eigenvalue weighted by Gasteiger charge is -2.13. The molecule has 0 spiro atoms. The molecule has 1 aromatic heterocycles. The second kappa shape index (κ2) is 4.55. The van der Waals surface area contributed by atoms with Crippen molar-refractivity contribution in [3.63, 3.8) is 0 Å². The molecule has 5 nitrogen and oxygen atoms in total. The first-order valence-electron chi connectivity index (χ1n) is 4.41. The molecule has 0 aliphatic rings. The summed E-state index contributed by atoms with van der Waals surface area (Å²) in [5, 5.41) is 10.3. The van der Waals surface area contributed by atoms with Gasteiger partial charge in [0.1, 0.15) is 5.75 Å². The van der Waals surface area contributed by atoms with Crippen molar-refractivity contribution in [1.29, 1.82) is 0 Å². The minimum Gasteiger partial charge on any atom is -0.405 e. The molecule has 0 bridgehead atoms. The highest BCUT2D eigenvalue weighted by molar-refractivity contribution is 5.43. The van der Waals surface area contributed by atoms with E-state index in [2.05, 4.69) is 9.72 Å². The van der Waals surface area contributed by atoms with E-state index in [1.165, 1.54) is 0 Å². The van der Waals surface area contributed by atoms with E-state index in [9.17, 15) is 36.5 Å². The molecule has 0 aliphatic heterocycles. The Hall–Kier alpha value is -2.07. The van der Waals surface area contributed by atoms with E-state index in [0.717, 1.165) is 0 Å². The van der Waals surface area contributed by atoms with Crippen LogP contribution in [0.2, 0.25) is 0 Å². The van der Waals surface area contributed by atoms with E-state index in [1.54, 1.807) is 0 Å². The molecule has 0 N–H and O–H groups in total. The number of nitro groups is 1. The number of nitrogens with zero attached hydrogens (tertiary/aromatic N) is 2. The molecule has 0 aliphatic carbocycles. The summed E-state index contributed by atoms with van der Waals surface area (Å²) in [6, 6.07) is 0.179. The third kappa shape index (κ3) is 3.69. The van der Waals surface area contributed by atoms with Gasteiger partial charge in [0.15, 0.2) is 0 Å². The van der Waals surface area contributed by atoms with Crippen molar-refractivity contribution >= 4 is 5.82 Å². The van der Waals surface area contributed by atoms with Crippen molar-refractivity contribution in [2.45, 2.75) is 19.5 Å². The molecule has 0 amide bonds. The number of rotatable bonds is 2. The first-order valence-corrected chi connectivity index (χ1v) is 4.41. The zero-order valence-corrected chi connectivity index (χ0v) is 8.96. The molecular formula is C8H4F6N2O3. The summed E-state index contributed by atoms with van der Waals surface area (Å²) in [5.74, 6) is -2.71. The quantitative estimate of drug-likeness (QED) is 0.476. The molecule has 11 heteroatoms. The topological polar surface area (TPSA) is 65.3 Å². The van der Waals surface area contributed by atoms with Gasteiger partial charge in [0, 0.05) is 5.56 Å². The van der Waals surface area contributed by atoms with Gasteiger partial charge in [-0.15, -0.1) is 13.2 Å². The molecule has 0 fully saturated rings. The van der Waals surface area contributed by atoms with E-state index in [1.807, 2.05) is 0 Å². The lowest BCUT2D eigenvalue weighted by Crippen LogP contribution is -2.20. The van der Waals surface area contributed by atoms with Crippen molar-refractivity contribution in [1.82, 2.24) is 4.98 Å². The Balaban J connectivity index is 3.46. The van der Waals surface area contributed by atoms with Crippen molar-refractivity contribution < 1.29 is 36.0 Å². The Bertz CT molecular complexity index is 510. The third-order valence-electron chi connectivity index (χ3n) is 1.89. The highest BCUT2D eigenvalue weighted by Gasteiger charge is 2.43. The van der Waals surface area contributed by atoms with Crippen LogP contribution in [0.4, 0.5) is 32.2 Å². The Labute approximate surface area is 101 Å². The predicted octanol–water partition coefficient (Wildman–Crippen LogP) is 3.22. The number of alkyl halides is 6. The summed E-state index contributed by atoms with van der Waals surface area (Å²) in [6.45, 7) is 0.667. The van der Waals surface area contributed by atoms with Crippen LogP contribution < -0.4 is 4.74 Å².